The molecule has 0 radical (unpaired) electrons. The van der Waals surface area contributed by atoms with Gasteiger partial charge in [-0.1, -0.05) is 50.2 Å². The van der Waals surface area contributed by atoms with Gasteiger partial charge in [-0.25, -0.2) is 9.18 Å². The van der Waals surface area contributed by atoms with Crippen molar-refractivity contribution in [2.75, 3.05) is 26.2 Å². The van der Waals surface area contributed by atoms with Crippen LogP contribution < -0.4 is 0 Å². The van der Waals surface area contributed by atoms with Gasteiger partial charge in [0.25, 0.3) is 5.60 Å². The molecule has 2 fully saturated rings. The zero-order valence-electron chi connectivity index (χ0n) is 20.2. The SMILES string of the molecule is CC1CCN(C(=O)N2C[C@@H](c3ccc(C(O)(C(F)(F)F)C(F)(F)F)cc3)[C@@](C)(c3ccc(F)cc3)C2)C1. The maximum atomic E-state index is 13.6. The molecule has 37 heavy (non-hydrogen) atoms. The molecule has 2 saturated heterocycles. The first kappa shape index (κ1) is 27.2. The summed E-state index contributed by atoms with van der Waals surface area (Å²) in [6.45, 7) is 5.45. The molecule has 0 saturated carbocycles. The molecule has 3 atom stereocenters. The van der Waals surface area contributed by atoms with E-state index in [9.17, 15) is 40.6 Å². The number of halogens is 7. The van der Waals surface area contributed by atoms with Crippen LogP contribution in [-0.4, -0.2) is 59.5 Å². The smallest absolute Gasteiger partial charge is 0.369 e. The molecule has 202 valence electrons. The number of rotatable bonds is 3. The number of aliphatic hydroxyl groups is 1. The van der Waals surface area contributed by atoms with Gasteiger partial charge >= 0.3 is 18.4 Å². The highest BCUT2D eigenvalue weighted by atomic mass is 19.4. The van der Waals surface area contributed by atoms with Crippen molar-refractivity contribution < 1.29 is 40.6 Å². The van der Waals surface area contributed by atoms with E-state index in [1.807, 2.05) is 13.8 Å². The topological polar surface area (TPSA) is 43.8 Å². The number of hydrogen-bond acceptors (Lipinski definition) is 2. The van der Waals surface area contributed by atoms with E-state index in [1.165, 1.54) is 12.1 Å². The second-order valence-corrected chi connectivity index (χ2v) is 10.3. The number of nitrogens with zero attached hydrogens (tertiary/aromatic N) is 2. The molecule has 1 unspecified atom stereocenters. The summed E-state index contributed by atoms with van der Waals surface area (Å²) in [6, 6.07) is 8.94. The van der Waals surface area contributed by atoms with Crippen LogP contribution in [0.3, 0.4) is 0 Å². The van der Waals surface area contributed by atoms with E-state index in [4.69, 9.17) is 0 Å². The Hall–Kier alpha value is -2.82. The third kappa shape index (κ3) is 4.66. The van der Waals surface area contributed by atoms with Crippen LogP contribution >= 0.6 is 0 Å². The Labute approximate surface area is 209 Å². The molecule has 2 aliphatic heterocycles. The molecule has 2 heterocycles. The van der Waals surface area contributed by atoms with E-state index >= 15 is 0 Å². The lowest BCUT2D eigenvalue weighted by Gasteiger charge is -2.34. The zero-order chi connectivity index (χ0) is 27.4. The van der Waals surface area contributed by atoms with Crippen molar-refractivity contribution in [1.29, 1.82) is 0 Å². The minimum absolute atomic E-state index is 0.166. The fraction of sp³-hybridized carbons (Fsp3) is 0.500. The van der Waals surface area contributed by atoms with Gasteiger partial charge in [0.2, 0.25) is 0 Å². The van der Waals surface area contributed by atoms with E-state index in [-0.39, 0.29) is 19.1 Å². The fourth-order valence-electron chi connectivity index (χ4n) is 5.49. The Morgan fingerprint density at radius 2 is 1.49 bits per heavy atom. The average molecular weight is 532 g/mol. The minimum atomic E-state index is -5.99. The average Bonchev–Trinajstić information content (AvgIpc) is 3.41. The summed E-state index contributed by atoms with van der Waals surface area (Å²) in [5.74, 6) is -0.635. The van der Waals surface area contributed by atoms with Gasteiger partial charge in [-0.2, -0.15) is 26.3 Å². The minimum Gasteiger partial charge on any atom is -0.369 e. The van der Waals surface area contributed by atoms with Gasteiger partial charge in [0, 0.05) is 43.1 Å². The van der Waals surface area contributed by atoms with Crippen molar-refractivity contribution in [3.63, 3.8) is 0 Å². The molecule has 11 heteroatoms. The third-order valence-electron chi connectivity index (χ3n) is 7.71. The third-order valence-corrected chi connectivity index (χ3v) is 7.71. The number of likely N-dealkylation sites (tertiary alicyclic amines) is 2. The first-order valence-corrected chi connectivity index (χ1v) is 11.8. The van der Waals surface area contributed by atoms with E-state index in [0.29, 0.717) is 42.3 Å². The molecular weight excluding hydrogens is 505 g/mol. The first-order chi connectivity index (χ1) is 17.1. The standard InChI is InChI=1S/C26H27F7N2O2/c1-16-11-12-34(13-16)22(36)35-14-21(23(2,15-35)18-7-9-20(27)10-8-18)17-3-5-19(6-4-17)24(37,25(28,29)30)26(31,32)33/h3-10,16,21,37H,11-15H2,1-2H3/t16?,21-,23+/m0/s1. The maximum absolute atomic E-state index is 13.6. The zero-order valence-corrected chi connectivity index (χ0v) is 20.2. The predicted octanol–water partition coefficient (Wildman–Crippen LogP) is 5.96. The van der Waals surface area contributed by atoms with Gasteiger partial charge in [0.15, 0.2) is 0 Å². The van der Waals surface area contributed by atoms with Crippen molar-refractivity contribution in [3.05, 3.63) is 71.0 Å². The van der Waals surface area contributed by atoms with Crippen molar-refractivity contribution in [2.45, 2.75) is 49.6 Å². The number of hydrogen-bond donors (Lipinski definition) is 1. The molecule has 2 aliphatic rings. The van der Waals surface area contributed by atoms with Crippen LogP contribution in [0.1, 0.15) is 42.9 Å². The molecule has 2 aromatic carbocycles. The Morgan fingerprint density at radius 3 is 1.97 bits per heavy atom. The van der Waals surface area contributed by atoms with E-state index in [2.05, 4.69) is 0 Å². The molecule has 0 aliphatic carbocycles. The summed E-state index contributed by atoms with van der Waals surface area (Å²) in [7, 11) is 0. The Morgan fingerprint density at radius 1 is 0.919 bits per heavy atom. The van der Waals surface area contributed by atoms with Crippen molar-refractivity contribution in [3.8, 4) is 0 Å². The molecule has 4 nitrogen and oxygen atoms in total. The van der Waals surface area contributed by atoms with Gasteiger partial charge in [-0.15, -0.1) is 0 Å². The number of benzene rings is 2. The monoisotopic (exact) mass is 532 g/mol. The Bertz CT molecular complexity index is 1120. The number of carbonyl (C=O) groups excluding carboxylic acids is 1. The summed E-state index contributed by atoms with van der Waals surface area (Å²) in [5, 5.41) is 9.73. The van der Waals surface area contributed by atoms with Crippen LogP contribution in [0, 0.1) is 11.7 Å². The van der Waals surface area contributed by atoms with Crippen molar-refractivity contribution in [1.82, 2.24) is 9.80 Å². The maximum Gasteiger partial charge on any atom is 0.430 e. The van der Waals surface area contributed by atoms with Crippen LogP contribution in [0.2, 0.25) is 0 Å². The number of carbonyl (C=O) groups is 1. The quantitative estimate of drug-likeness (QED) is 0.496. The molecule has 1 N–H and O–H groups in total. The van der Waals surface area contributed by atoms with Gasteiger partial charge in [-0.3, -0.25) is 0 Å². The van der Waals surface area contributed by atoms with Gasteiger partial charge in [0.05, 0.1) is 0 Å². The summed E-state index contributed by atoms with van der Waals surface area (Å²) in [4.78, 5) is 16.6. The lowest BCUT2D eigenvalue weighted by atomic mass is 9.71. The fourth-order valence-corrected chi connectivity index (χ4v) is 5.49. The molecule has 0 spiro atoms. The second kappa shape index (κ2) is 9.18. The Balaban J connectivity index is 1.72. The summed E-state index contributed by atoms with van der Waals surface area (Å²) >= 11 is 0. The summed E-state index contributed by atoms with van der Waals surface area (Å²) in [6.07, 6.45) is -11.1. The lowest BCUT2D eigenvalue weighted by molar-refractivity contribution is -0.376. The van der Waals surface area contributed by atoms with E-state index in [0.717, 1.165) is 18.6 Å². The number of urea groups is 1. The predicted molar refractivity (Wildman–Crippen MR) is 121 cm³/mol. The highest BCUT2D eigenvalue weighted by Crippen LogP contribution is 2.51. The van der Waals surface area contributed by atoms with Gasteiger partial charge in [0.1, 0.15) is 5.82 Å². The highest BCUT2D eigenvalue weighted by molar-refractivity contribution is 5.76. The van der Waals surface area contributed by atoms with Crippen LogP contribution in [0.25, 0.3) is 0 Å². The lowest BCUT2D eigenvalue weighted by Crippen LogP contribution is -2.53. The van der Waals surface area contributed by atoms with Crippen molar-refractivity contribution in [2.24, 2.45) is 5.92 Å². The van der Waals surface area contributed by atoms with Gasteiger partial charge in [-0.05, 0) is 35.6 Å². The van der Waals surface area contributed by atoms with Crippen LogP contribution in [-0.2, 0) is 11.0 Å². The summed E-state index contributed by atoms with van der Waals surface area (Å²) in [5.41, 5.74) is -6.11. The normalized spacial score (nSPS) is 25.1. The molecule has 2 amide bonds. The van der Waals surface area contributed by atoms with Gasteiger partial charge < -0.3 is 14.9 Å². The molecule has 2 aromatic rings. The second-order valence-electron chi connectivity index (χ2n) is 10.3. The number of alkyl halides is 6. The van der Waals surface area contributed by atoms with Crippen molar-refractivity contribution >= 4 is 6.03 Å². The Kier molecular flexibility index (Phi) is 6.75. The van der Waals surface area contributed by atoms with E-state index in [1.54, 1.807) is 21.9 Å². The van der Waals surface area contributed by atoms with Crippen LogP contribution in [0.15, 0.2) is 48.5 Å². The van der Waals surface area contributed by atoms with E-state index < -0.39 is 40.7 Å². The van der Waals surface area contributed by atoms with Crippen LogP contribution in [0.5, 0.6) is 0 Å². The molecular formula is C26H27F7N2O2. The first-order valence-electron chi connectivity index (χ1n) is 11.8. The molecule has 4 rings (SSSR count). The highest BCUT2D eigenvalue weighted by Gasteiger charge is 2.71. The largest absolute Gasteiger partial charge is 0.430 e. The molecule has 0 aromatic heterocycles. The molecule has 0 bridgehead atoms. The summed E-state index contributed by atoms with van der Waals surface area (Å²) < 4.78 is 93.6. The van der Waals surface area contributed by atoms with Crippen LogP contribution in [0.4, 0.5) is 35.5 Å². The number of amides is 2.